The van der Waals surface area contributed by atoms with E-state index < -0.39 is 0 Å². The Morgan fingerprint density at radius 1 is 1.17 bits per heavy atom. The zero-order chi connectivity index (χ0) is 16.5. The standard InChI is InChI=1S/C18H21FN2S2/c1-14-6-2-3-7-15(14)13-23-11-5-10-20-18(22)21-17-9-4-8-16(19)12-17/h2-4,6-9,12H,5,10-11,13H2,1H3,(H2,20,21,22). The van der Waals surface area contributed by atoms with Crippen LogP contribution in [0.5, 0.6) is 0 Å². The summed E-state index contributed by atoms with van der Waals surface area (Å²) >= 11 is 7.12. The molecule has 0 aliphatic heterocycles. The van der Waals surface area contributed by atoms with Crippen molar-refractivity contribution >= 4 is 34.8 Å². The van der Waals surface area contributed by atoms with Gasteiger partial charge in [0.25, 0.3) is 0 Å². The molecule has 0 aromatic heterocycles. The van der Waals surface area contributed by atoms with E-state index in [-0.39, 0.29) is 5.82 Å². The summed E-state index contributed by atoms with van der Waals surface area (Å²) < 4.78 is 13.1. The van der Waals surface area contributed by atoms with Gasteiger partial charge in [0.15, 0.2) is 5.11 Å². The highest BCUT2D eigenvalue weighted by atomic mass is 32.2. The minimum absolute atomic E-state index is 0.273. The Hall–Kier alpha value is -1.59. The van der Waals surface area contributed by atoms with Crippen molar-refractivity contribution in [2.75, 3.05) is 17.6 Å². The lowest BCUT2D eigenvalue weighted by Crippen LogP contribution is -2.29. The molecule has 0 aliphatic carbocycles. The van der Waals surface area contributed by atoms with Crippen LogP contribution in [0.3, 0.4) is 0 Å². The third-order valence-corrected chi connectivity index (χ3v) is 4.69. The number of anilines is 1. The van der Waals surface area contributed by atoms with Gasteiger partial charge in [0, 0.05) is 18.0 Å². The molecule has 0 bridgehead atoms. The SMILES string of the molecule is Cc1ccccc1CSCCCNC(=S)Nc1cccc(F)c1. The van der Waals surface area contributed by atoms with Crippen molar-refractivity contribution in [3.8, 4) is 0 Å². The summed E-state index contributed by atoms with van der Waals surface area (Å²) in [5, 5.41) is 6.65. The van der Waals surface area contributed by atoms with E-state index in [4.69, 9.17) is 12.2 Å². The molecule has 0 fully saturated rings. The van der Waals surface area contributed by atoms with E-state index in [1.54, 1.807) is 12.1 Å². The number of rotatable bonds is 7. The molecule has 2 rings (SSSR count). The van der Waals surface area contributed by atoms with Crippen LogP contribution < -0.4 is 10.6 Å². The molecule has 0 saturated carbocycles. The first kappa shape index (κ1) is 17.8. The lowest BCUT2D eigenvalue weighted by atomic mass is 10.1. The zero-order valence-corrected chi connectivity index (χ0v) is 14.8. The highest BCUT2D eigenvalue weighted by Gasteiger charge is 2.00. The van der Waals surface area contributed by atoms with Gasteiger partial charge < -0.3 is 10.6 Å². The maximum atomic E-state index is 13.1. The van der Waals surface area contributed by atoms with Crippen molar-refractivity contribution in [2.45, 2.75) is 19.1 Å². The molecule has 122 valence electrons. The van der Waals surface area contributed by atoms with Crippen molar-refractivity contribution in [3.63, 3.8) is 0 Å². The van der Waals surface area contributed by atoms with Crippen molar-refractivity contribution < 1.29 is 4.39 Å². The number of hydrogen-bond donors (Lipinski definition) is 2. The van der Waals surface area contributed by atoms with Gasteiger partial charge in [-0.1, -0.05) is 30.3 Å². The fourth-order valence-electron chi connectivity index (χ4n) is 2.07. The van der Waals surface area contributed by atoms with Crippen molar-refractivity contribution in [1.29, 1.82) is 0 Å². The quantitative estimate of drug-likeness (QED) is 0.557. The largest absolute Gasteiger partial charge is 0.362 e. The zero-order valence-electron chi connectivity index (χ0n) is 13.1. The molecule has 2 aromatic carbocycles. The molecular formula is C18H21FN2S2. The molecule has 0 heterocycles. The van der Waals surface area contributed by atoms with Gasteiger partial charge in [-0.3, -0.25) is 0 Å². The third-order valence-electron chi connectivity index (χ3n) is 3.35. The smallest absolute Gasteiger partial charge is 0.170 e. The van der Waals surface area contributed by atoms with E-state index in [1.165, 1.54) is 23.3 Å². The topological polar surface area (TPSA) is 24.1 Å². The predicted octanol–water partition coefficient (Wildman–Crippen LogP) is 4.74. The minimum atomic E-state index is -0.273. The molecular weight excluding hydrogens is 327 g/mol. The van der Waals surface area contributed by atoms with Gasteiger partial charge in [0.1, 0.15) is 5.82 Å². The van der Waals surface area contributed by atoms with E-state index in [0.29, 0.717) is 10.8 Å². The van der Waals surface area contributed by atoms with Crippen LogP contribution in [0.1, 0.15) is 17.5 Å². The monoisotopic (exact) mass is 348 g/mol. The van der Waals surface area contributed by atoms with E-state index >= 15 is 0 Å². The second-order valence-corrected chi connectivity index (χ2v) is 6.74. The normalized spacial score (nSPS) is 10.3. The minimum Gasteiger partial charge on any atom is -0.362 e. The summed E-state index contributed by atoms with van der Waals surface area (Å²) in [6.45, 7) is 2.95. The number of thiocarbonyl (C=S) groups is 1. The van der Waals surface area contributed by atoms with Crippen LogP contribution in [-0.2, 0) is 5.75 Å². The number of benzene rings is 2. The Balaban J connectivity index is 1.58. The number of nitrogens with one attached hydrogen (secondary N) is 2. The highest BCUT2D eigenvalue weighted by molar-refractivity contribution is 7.98. The summed E-state index contributed by atoms with van der Waals surface area (Å²) in [6, 6.07) is 14.8. The van der Waals surface area contributed by atoms with Gasteiger partial charge in [0.05, 0.1) is 0 Å². The Bertz CT molecular complexity index is 646. The lowest BCUT2D eigenvalue weighted by Gasteiger charge is -2.10. The van der Waals surface area contributed by atoms with Crippen LogP contribution >= 0.6 is 24.0 Å². The molecule has 0 atom stereocenters. The first-order valence-corrected chi connectivity index (χ1v) is 9.14. The number of aryl methyl sites for hydroxylation is 1. The Labute approximate surface area is 146 Å². The summed E-state index contributed by atoms with van der Waals surface area (Å²) in [7, 11) is 0. The second kappa shape index (κ2) is 9.53. The summed E-state index contributed by atoms with van der Waals surface area (Å²) in [6.07, 6.45) is 1.03. The van der Waals surface area contributed by atoms with Crippen molar-refractivity contribution in [2.24, 2.45) is 0 Å². The van der Waals surface area contributed by atoms with Gasteiger partial charge in [-0.15, -0.1) is 0 Å². The third kappa shape index (κ3) is 6.59. The summed E-state index contributed by atoms with van der Waals surface area (Å²) in [4.78, 5) is 0. The Morgan fingerprint density at radius 2 is 2.00 bits per heavy atom. The van der Waals surface area contributed by atoms with Crippen LogP contribution in [0.4, 0.5) is 10.1 Å². The molecule has 5 heteroatoms. The second-order valence-electron chi connectivity index (χ2n) is 5.22. The molecule has 0 aliphatic rings. The first-order valence-electron chi connectivity index (χ1n) is 7.58. The summed E-state index contributed by atoms with van der Waals surface area (Å²) in [5.74, 6) is 1.84. The number of hydrogen-bond acceptors (Lipinski definition) is 2. The molecule has 0 saturated heterocycles. The van der Waals surface area contributed by atoms with Gasteiger partial charge in [0.2, 0.25) is 0 Å². The van der Waals surface area contributed by atoms with Crippen LogP contribution in [0.25, 0.3) is 0 Å². The van der Waals surface area contributed by atoms with Crippen LogP contribution in [0, 0.1) is 12.7 Å². The average Bonchev–Trinajstić information content (AvgIpc) is 2.52. The summed E-state index contributed by atoms with van der Waals surface area (Å²) in [5.41, 5.74) is 3.41. The Kier molecular flexibility index (Phi) is 7.36. The van der Waals surface area contributed by atoms with E-state index in [2.05, 4.69) is 41.8 Å². The maximum Gasteiger partial charge on any atom is 0.170 e. The van der Waals surface area contributed by atoms with Gasteiger partial charge in [-0.25, -0.2) is 4.39 Å². The van der Waals surface area contributed by atoms with E-state index in [9.17, 15) is 4.39 Å². The van der Waals surface area contributed by atoms with Crippen LogP contribution in [0.2, 0.25) is 0 Å². The molecule has 2 N–H and O–H groups in total. The molecule has 0 unspecified atom stereocenters. The molecule has 2 aromatic rings. The lowest BCUT2D eigenvalue weighted by molar-refractivity contribution is 0.628. The van der Waals surface area contributed by atoms with Crippen molar-refractivity contribution in [3.05, 3.63) is 65.5 Å². The first-order chi connectivity index (χ1) is 11.1. The van der Waals surface area contributed by atoms with Crippen LogP contribution in [-0.4, -0.2) is 17.4 Å². The highest BCUT2D eigenvalue weighted by Crippen LogP contribution is 2.16. The average molecular weight is 349 g/mol. The molecule has 0 radical (unpaired) electrons. The van der Waals surface area contributed by atoms with E-state index in [1.807, 2.05) is 11.8 Å². The van der Waals surface area contributed by atoms with Gasteiger partial charge >= 0.3 is 0 Å². The fourth-order valence-corrected chi connectivity index (χ4v) is 3.33. The van der Waals surface area contributed by atoms with Gasteiger partial charge in [-0.2, -0.15) is 11.8 Å². The molecule has 2 nitrogen and oxygen atoms in total. The number of halogens is 1. The Morgan fingerprint density at radius 3 is 2.78 bits per heavy atom. The molecule has 23 heavy (non-hydrogen) atoms. The van der Waals surface area contributed by atoms with Gasteiger partial charge in [-0.05, 0) is 60.6 Å². The van der Waals surface area contributed by atoms with E-state index in [0.717, 1.165) is 24.5 Å². The maximum absolute atomic E-state index is 13.1. The van der Waals surface area contributed by atoms with Crippen LogP contribution in [0.15, 0.2) is 48.5 Å². The fraction of sp³-hybridized carbons (Fsp3) is 0.278. The van der Waals surface area contributed by atoms with Crippen molar-refractivity contribution in [1.82, 2.24) is 5.32 Å². The molecule has 0 spiro atoms. The molecule has 0 amide bonds. The predicted molar refractivity (Wildman–Crippen MR) is 103 cm³/mol. The number of thioether (sulfide) groups is 1.